The molecule has 8 aromatic carbocycles. The lowest BCUT2D eigenvalue weighted by molar-refractivity contribution is 0.660. The Labute approximate surface area is 315 Å². The highest BCUT2D eigenvalue weighted by Crippen LogP contribution is 2.58. The Morgan fingerprint density at radius 3 is 1.63 bits per heavy atom. The molecule has 0 fully saturated rings. The smallest absolute Gasteiger partial charge is 0.143 e. The zero-order valence-electron chi connectivity index (χ0n) is 30.9. The Bertz CT molecular complexity index is 2890. The summed E-state index contributed by atoms with van der Waals surface area (Å²) >= 11 is 0. The van der Waals surface area contributed by atoms with Gasteiger partial charge in [0.05, 0.1) is 11.4 Å². The van der Waals surface area contributed by atoms with Crippen molar-refractivity contribution in [1.29, 1.82) is 0 Å². The summed E-state index contributed by atoms with van der Waals surface area (Å²) in [6, 6.07) is 60.3. The van der Waals surface area contributed by atoms with Crippen LogP contribution in [0.4, 0.5) is 17.1 Å². The fraction of sp³-hybridized carbons (Fsp3) is 0.115. The highest BCUT2D eigenvalue weighted by molar-refractivity contribution is 6.15. The average molecular weight is 694 g/mol. The Morgan fingerprint density at radius 1 is 0.426 bits per heavy atom. The van der Waals surface area contributed by atoms with Gasteiger partial charge >= 0.3 is 0 Å². The lowest BCUT2D eigenvalue weighted by Crippen LogP contribution is -2.17. The number of hydrogen-bond acceptors (Lipinski definition) is 2. The maximum Gasteiger partial charge on any atom is 0.143 e. The van der Waals surface area contributed by atoms with Gasteiger partial charge in [0.2, 0.25) is 0 Å². The molecule has 0 radical (unpaired) electrons. The molecule has 1 aromatic heterocycles. The molecule has 11 rings (SSSR count). The first-order valence-corrected chi connectivity index (χ1v) is 19.0. The van der Waals surface area contributed by atoms with Crippen LogP contribution in [0, 0.1) is 0 Å². The number of rotatable bonds is 4. The van der Waals surface area contributed by atoms with Gasteiger partial charge in [0, 0.05) is 43.8 Å². The number of fused-ring (bicyclic) bond motifs is 11. The SMILES string of the molecule is CC1(C)c2ccccc2-c2c(N(c3ccc(-c4ccc5oc6c7ccccc7ccc6c5c4)cc3)c3cccc4c3-c3ccccc3C4(C)C)cccc21. The number of nitrogens with zero attached hydrogens (tertiary/aromatic N) is 1. The first kappa shape index (κ1) is 31.2. The van der Waals surface area contributed by atoms with Crippen molar-refractivity contribution in [3.8, 4) is 33.4 Å². The van der Waals surface area contributed by atoms with E-state index in [1.165, 1.54) is 72.4 Å². The van der Waals surface area contributed by atoms with Crippen molar-refractivity contribution in [2.24, 2.45) is 0 Å². The van der Waals surface area contributed by atoms with Crippen LogP contribution in [0.15, 0.2) is 168 Å². The van der Waals surface area contributed by atoms with E-state index in [4.69, 9.17) is 4.42 Å². The average Bonchev–Trinajstić information content (AvgIpc) is 3.79. The van der Waals surface area contributed by atoms with Crippen LogP contribution in [-0.2, 0) is 10.8 Å². The van der Waals surface area contributed by atoms with Crippen molar-refractivity contribution in [3.63, 3.8) is 0 Å². The molecule has 0 bridgehead atoms. The normalized spacial score (nSPS) is 14.6. The molecule has 0 saturated heterocycles. The molecule has 0 N–H and O–H groups in total. The van der Waals surface area contributed by atoms with Gasteiger partial charge in [-0.05, 0) is 92.4 Å². The molecule has 0 saturated carbocycles. The molecular formula is C52H39NO. The van der Waals surface area contributed by atoms with Gasteiger partial charge in [-0.3, -0.25) is 0 Å². The quantitative estimate of drug-likeness (QED) is 0.182. The third kappa shape index (κ3) is 4.23. The highest BCUT2D eigenvalue weighted by atomic mass is 16.3. The number of hydrogen-bond donors (Lipinski definition) is 0. The molecule has 258 valence electrons. The molecule has 1 heterocycles. The lowest BCUT2D eigenvalue weighted by atomic mass is 9.82. The van der Waals surface area contributed by atoms with Gasteiger partial charge in [0.25, 0.3) is 0 Å². The topological polar surface area (TPSA) is 16.4 Å². The van der Waals surface area contributed by atoms with Crippen LogP contribution in [0.1, 0.15) is 49.9 Å². The van der Waals surface area contributed by atoms with E-state index < -0.39 is 0 Å². The minimum Gasteiger partial charge on any atom is -0.455 e. The summed E-state index contributed by atoms with van der Waals surface area (Å²) in [6.45, 7) is 9.45. The second kappa shape index (κ2) is 11.1. The lowest BCUT2D eigenvalue weighted by Gasteiger charge is -2.31. The van der Waals surface area contributed by atoms with Crippen molar-refractivity contribution >= 4 is 49.8 Å². The first-order chi connectivity index (χ1) is 26.3. The summed E-state index contributed by atoms with van der Waals surface area (Å²) in [7, 11) is 0. The molecule has 2 nitrogen and oxygen atoms in total. The third-order valence-electron chi connectivity index (χ3n) is 12.5. The van der Waals surface area contributed by atoms with Crippen LogP contribution in [0.2, 0.25) is 0 Å². The second-order valence-electron chi connectivity index (χ2n) is 16.1. The molecule has 9 aromatic rings. The van der Waals surface area contributed by atoms with Crippen molar-refractivity contribution < 1.29 is 4.42 Å². The maximum absolute atomic E-state index is 6.45. The van der Waals surface area contributed by atoms with E-state index in [0.29, 0.717) is 0 Å². The van der Waals surface area contributed by atoms with E-state index in [1.54, 1.807) is 0 Å². The van der Waals surface area contributed by atoms with Crippen LogP contribution in [0.3, 0.4) is 0 Å². The predicted molar refractivity (Wildman–Crippen MR) is 226 cm³/mol. The Hall–Kier alpha value is -6.38. The second-order valence-corrected chi connectivity index (χ2v) is 16.1. The summed E-state index contributed by atoms with van der Waals surface area (Å²) in [5.41, 5.74) is 18.3. The minimum atomic E-state index is -0.104. The third-order valence-corrected chi connectivity index (χ3v) is 12.5. The standard InChI is InChI=1S/C52H39NO/c1-51(2)41-17-9-7-15-38(41)48-43(51)19-11-21-45(48)53(46-22-12-20-44-49(46)39-16-8-10-18-42(39)52(44,3)4)35-27-23-32(24-28-35)34-26-30-47-40(31-34)37-29-25-33-13-5-6-14-36(33)50(37)54-47/h5-31H,1-4H3. The summed E-state index contributed by atoms with van der Waals surface area (Å²) in [5, 5.41) is 4.63. The number of anilines is 3. The minimum absolute atomic E-state index is 0.104. The van der Waals surface area contributed by atoms with Gasteiger partial charge in [-0.25, -0.2) is 0 Å². The Kier molecular flexibility index (Phi) is 6.39. The number of furan rings is 1. The zero-order chi connectivity index (χ0) is 36.3. The fourth-order valence-electron chi connectivity index (χ4n) is 9.74. The summed E-state index contributed by atoms with van der Waals surface area (Å²) < 4.78 is 6.45. The molecule has 0 aliphatic heterocycles. The largest absolute Gasteiger partial charge is 0.455 e. The van der Waals surface area contributed by atoms with Gasteiger partial charge in [0.1, 0.15) is 11.2 Å². The Morgan fingerprint density at radius 2 is 0.981 bits per heavy atom. The highest BCUT2D eigenvalue weighted by Gasteiger charge is 2.40. The Balaban J connectivity index is 1.11. The molecule has 0 atom stereocenters. The molecule has 0 spiro atoms. The molecule has 2 heteroatoms. The van der Waals surface area contributed by atoms with Gasteiger partial charge in [-0.2, -0.15) is 0 Å². The molecule has 0 unspecified atom stereocenters. The van der Waals surface area contributed by atoms with Gasteiger partial charge in [-0.15, -0.1) is 0 Å². The fourth-order valence-corrected chi connectivity index (χ4v) is 9.74. The van der Waals surface area contributed by atoms with Crippen molar-refractivity contribution in [1.82, 2.24) is 0 Å². The summed E-state index contributed by atoms with van der Waals surface area (Å²) in [4.78, 5) is 2.52. The molecule has 2 aliphatic rings. The van der Waals surface area contributed by atoms with E-state index in [2.05, 4.69) is 196 Å². The molecular weight excluding hydrogens is 655 g/mol. The van der Waals surface area contributed by atoms with Gasteiger partial charge < -0.3 is 9.32 Å². The van der Waals surface area contributed by atoms with Crippen molar-refractivity contribution in [2.45, 2.75) is 38.5 Å². The van der Waals surface area contributed by atoms with E-state index >= 15 is 0 Å². The van der Waals surface area contributed by atoms with Gasteiger partial charge in [-0.1, -0.05) is 149 Å². The first-order valence-electron chi connectivity index (χ1n) is 19.0. The maximum atomic E-state index is 6.45. The van der Waals surface area contributed by atoms with E-state index in [1.807, 2.05) is 0 Å². The van der Waals surface area contributed by atoms with Crippen LogP contribution >= 0.6 is 0 Å². The van der Waals surface area contributed by atoms with E-state index in [-0.39, 0.29) is 10.8 Å². The van der Waals surface area contributed by atoms with Gasteiger partial charge in [0.15, 0.2) is 0 Å². The summed E-state index contributed by atoms with van der Waals surface area (Å²) in [6.07, 6.45) is 0. The number of benzene rings is 8. The zero-order valence-corrected chi connectivity index (χ0v) is 30.9. The monoisotopic (exact) mass is 693 g/mol. The summed E-state index contributed by atoms with van der Waals surface area (Å²) in [5.74, 6) is 0. The van der Waals surface area contributed by atoms with Crippen LogP contribution in [0.25, 0.3) is 66.1 Å². The van der Waals surface area contributed by atoms with Crippen molar-refractivity contribution in [3.05, 3.63) is 186 Å². The predicted octanol–water partition coefficient (Wildman–Crippen LogP) is 14.5. The van der Waals surface area contributed by atoms with E-state index in [9.17, 15) is 0 Å². The van der Waals surface area contributed by atoms with Crippen molar-refractivity contribution in [2.75, 3.05) is 4.90 Å². The van der Waals surface area contributed by atoms with Crippen LogP contribution in [-0.4, -0.2) is 0 Å². The van der Waals surface area contributed by atoms with E-state index in [0.717, 1.165) is 33.0 Å². The molecule has 2 aliphatic carbocycles. The molecule has 0 amide bonds. The van der Waals surface area contributed by atoms with Crippen LogP contribution in [0.5, 0.6) is 0 Å². The molecule has 54 heavy (non-hydrogen) atoms. The van der Waals surface area contributed by atoms with Crippen LogP contribution < -0.4 is 4.90 Å².